The van der Waals surface area contributed by atoms with E-state index in [0.29, 0.717) is 18.7 Å². The molecule has 2 atom stereocenters. The Bertz CT molecular complexity index is 933. The normalized spacial score (nSPS) is 20.8. The first-order valence-corrected chi connectivity index (χ1v) is 11.3. The molecule has 2 N–H and O–H groups in total. The van der Waals surface area contributed by atoms with Crippen molar-refractivity contribution in [3.8, 4) is 0 Å². The van der Waals surface area contributed by atoms with Crippen molar-refractivity contribution in [3.63, 3.8) is 0 Å². The average molecular weight is 474 g/mol. The Labute approximate surface area is 197 Å². The van der Waals surface area contributed by atoms with Gasteiger partial charge in [0.2, 0.25) is 0 Å². The number of carbonyl (C=O) groups is 2. The monoisotopic (exact) mass is 473 g/mol. The van der Waals surface area contributed by atoms with Crippen LogP contribution in [0.15, 0.2) is 60.2 Å². The molecule has 2 bridgehead atoms. The highest BCUT2D eigenvalue weighted by atomic mass is 19.1. The van der Waals surface area contributed by atoms with E-state index in [1.807, 2.05) is 0 Å². The molecule has 2 aromatic carbocycles. The van der Waals surface area contributed by atoms with Crippen LogP contribution in [0, 0.1) is 11.6 Å². The third-order valence-corrected chi connectivity index (χ3v) is 6.30. The van der Waals surface area contributed by atoms with Crippen LogP contribution in [-0.2, 0) is 14.3 Å². The molecule has 0 saturated carbocycles. The van der Waals surface area contributed by atoms with Gasteiger partial charge in [-0.3, -0.25) is 4.90 Å². The summed E-state index contributed by atoms with van der Waals surface area (Å²) in [5, 5.41) is 14.8. The van der Waals surface area contributed by atoms with Gasteiger partial charge in [-0.15, -0.1) is 0 Å². The minimum Gasteiger partial charge on any atom is -0.473 e. The molecule has 0 unspecified atom stereocenters. The third kappa shape index (κ3) is 6.71. The van der Waals surface area contributed by atoms with Gasteiger partial charge in [0.25, 0.3) is 0 Å². The maximum absolute atomic E-state index is 13.3. The number of rotatable bonds is 6. The van der Waals surface area contributed by atoms with Crippen LogP contribution in [0.2, 0.25) is 0 Å². The van der Waals surface area contributed by atoms with Gasteiger partial charge in [-0.25, -0.2) is 18.4 Å². The molecule has 182 valence electrons. The quantitative estimate of drug-likeness (QED) is 0.463. The zero-order chi connectivity index (χ0) is 24.7. The number of hydrogen-bond acceptors (Lipinski definition) is 4. The molecule has 6 nitrogen and oxygen atoms in total. The average Bonchev–Trinajstić information content (AvgIpc) is 3.07. The number of carboxylic acids is 2. The highest BCUT2D eigenvalue weighted by Gasteiger charge is 2.37. The van der Waals surface area contributed by atoms with Crippen LogP contribution in [0.1, 0.15) is 49.8 Å². The number of benzene rings is 2. The first-order valence-electron chi connectivity index (χ1n) is 11.3. The topological polar surface area (TPSA) is 87.1 Å². The van der Waals surface area contributed by atoms with Gasteiger partial charge in [-0.05, 0) is 67.6 Å². The van der Waals surface area contributed by atoms with Crippen molar-refractivity contribution in [2.75, 3.05) is 13.2 Å². The lowest BCUT2D eigenvalue weighted by Gasteiger charge is -2.35. The van der Waals surface area contributed by atoms with Crippen LogP contribution in [-0.4, -0.2) is 52.3 Å². The SMILES string of the molecule is CCN1[C@@H]2CC[C@H]1CC(=CCOC(c1ccc(F)cc1)c1ccc(F)cc1)C2.O=C(O)C(=O)O. The van der Waals surface area contributed by atoms with Gasteiger partial charge in [0, 0.05) is 12.1 Å². The molecule has 4 rings (SSSR count). The molecule has 0 aromatic heterocycles. The molecule has 0 aliphatic carbocycles. The maximum atomic E-state index is 13.3. The first kappa shape index (κ1) is 25.5. The Morgan fingerprint density at radius 1 is 0.941 bits per heavy atom. The number of ether oxygens (including phenoxy) is 1. The zero-order valence-corrected chi connectivity index (χ0v) is 19.0. The van der Waals surface area contributed by atoms with Gasteiger partial charge < -0.3 is 14.9 Å². The van der Waals surface area contributed by atoms with E-state index >= 15 is 0 Å². The summed E-state index contributed by atoms with van der Waals surface area (Å²) in [5.74, 6) is -4.20. The summed E-state index contributed by atoms with van der Waals surface area (Å²) in [5.41, 5.74) is 3.22. The van der Waals surface area contributed by atoms with Crippen molar-refractivity contribution >= 4 is 11.9 Å². The predicted molar refractivity (Wildman–Crippen MR) is 122 cm³/mol. The predicted octanol–water partition coefficient (Wildman–Crippen LogP) is 4.80. The lowest BCUT2D eigenvalue weighted by Crippen LogP contribution is -2.40. The summed E-state index contributed by atoms with van der Waals surface area (Å²) in [6, 6.07) is 14.0. The van der Waals surface area contributed by atoms with Crippen molar-refractivity contribution < 1.29 is 33.3 Å². The molecule has 0 radical (unpaired) electrons. The van der Waals surface area contributed by atoms with Crippen molar-refractivity contribution in [1.29, 1.82) is 0 Å². The van der Waals surface area contributed by atoms with Crippen LogP contribution < -0.4 is 0 Å². The summed E-state index contributed by atoms with van der Waals surface area (Å²) in [4.78, 5) is 20.8. The largest absolute Gasteiger partial charge is 0.473 e. The Morgan fingerprint density at radius 3 is 1.76 bits per heavy atom. The van der Waals surface area contributed by atoms with E-state index in [9.17, 15) is 8.78 Å². The van der Waals surface area contributed by atoms with Gasteiger partial charge in [-0.1, -0.05) is 42.8 Å². The van der Waals surface area contributed by atoms with E-state index in [4.69, 9.17) is 24.5 Å². The summed E-state index contributed by atoms with van der Waals surface area (Å²) in [6.45, 7) is 3.88. The Balaban J connectivity index is 0.000000481. The zero-order valence-electron chi connectivity index (χ0n) is 19.0. The second kappa shape index (κ2) is 11.9. The molecule has 2 aliphatic heterocycles. The van der Waals surface area contributed by atoms with Crippen molar-refractivity contribution in [2.45, 2.75) is 50.8 Å². The lowest BCUT2D eigenvalue weighted by molar-refractivity contribution is -0.159. The summed E-state index contributed by atoms with van der Waals surface area (Å²) in [6.07, 6.45) is 6.73. The first-order chi connectivity index (χ1) is 16.3. The smallest absolute Gasteiger partial charge is 0.414 e. The number of piperidine rings is 1. The number of nitrogens with zero attached hydrogens (tertiary/aromatic N) is 1. The molecular formula is C26H29F2NO5. The van der Waals surface area contributed by atoms with Crippen molar-refractivity contribution in [3.05, 3.63) is 82.9 Å². The van der Waals surface area contributed by atoms with E-state index < -0.39 is 11.9 Å². The molecule has 2 aliphatic rings. The summed E-state index contributed by atoms with van der Waals surface area (Å²) >= 11 is 0. The van der Waals surface area contributed by atoms with E-state index in [2.05, 4.69) is 17.9 Å². The second-order valence-corrected chi connectivity index (χ2v) is 8.41. The van der Waals surface area contributed by atoms with Gasteiger partial charge in [0.05, 0.1) is 6.61 Å². The van der Waals surface area contributed by atoms with Crippen LogP contribution in [0.5, 0.6) is 0 Å². The van der Waals surface area contributed by atoms with E-state index in [0.717, 1.165) is 30.5 Å². The number of aliphatic carboxylic acids is 2. The van der Waals surface area contributed by atoms with Gasteiger partial charge in [0.1, 0.15) is 17.7 Å². The van der Waals surface area contributed by atoms with Gasteiger partial charge in [-0.2, -0.15) is 0 Å². The molecule has 0 spiro atoms. The van der Waals surface area contributed by atoms with Crippen molar-refractivity contribution in [1.82, 2.24) is 4.90 Å². The van der Waals surface area contributed by atoms with Gasteiger partial charge in [0.15, 0.2) is 0 Å². The van der Waals surface area contributed by atoms with E-state index in [1.165, 1.54) is 42.7 Å². The van der Waals surface area contributed by atoms with Crippen molar-refractivity contribution in [2.24, 2.45) is 0 Å². The summed E-state index contributed by atoms with van der Waals surface area (Å²) < 4.78 is 32.9. The van der Waals surface area contributed by atoms with Crippen LogP contribution in [0.25, 0.3) is 0 Å². The number of hydrogen-bond donors (Lipinski definition) is 2. The Hall–Kier alpha value is -3.10. The molecular weight excluding hydrogens is 444 g/mol. The highest BCUT2D eigenvalue weighted by Crippen LogP contribution is 2.38. The molecule has 2 saturated heterocycles. The number of carboxylic acid groups (broad SMARTS) is 2. The molecule has 2 fully saturated rings. The minimum atomic E-state index is -1.82. The number of fused-ring (bicyclic) bond motifs is 2. The third-order valence-electron chi connectivity index (χ3n) is 6.30. The fourth-order valence-corrected chi connectivity index (χ4v) is 4.75. The second-order valence-electron chi connectivity index (χ2n) is 8.41. The molecule has 0 amide bonds. The molecule has 2 heterocycles. The molecule has 2 aromatic rings. The standard InChI is InChI=1S/C24H27F2NO.C2H2O4/c1-2-27-22-11-12-23(27)16-17(15-22)13-14-28-24(18-3-7-20(25)8-4-18)19-5-9-21(26)10-6-19;3-1(4)2(5)6/h3-10,13,22-24H,2,11-12,14-16H2,1H3;(H,3,4)(H,5,6)/t22-,23+;. The maximum Gasteiger partial charge on any atom is 0.414 e. The lowest BCUT2D eigenvalue weighted by atomic mass is 9.96. The molecule has 8 heteroatoms. The Kier molecular flexibility index (Phi) is 8.90. The van der Waals surface area contributed by atoms with Crippen LogP contribution in [0.4, 0.5) is 8.78 Å². The fourth-order valence-electron chi connectivity index (χ4n) is 4.75. The summed E-state index contributed by atoms with van der Waals surface area (Å²) in [7, 11) is 0. The van der Waals surface area contributed by atoms with Gasteiger partial charge >= 0.3 is 11.9 Å². The van der Waals surface area contributed by atoms with E-state index in [-0.39, 0.29) is 17.7 Å². The molecule has 34 heavy (non-hydrogen) atoms. The van der Waals surface area contributed by atoms with E-state index in [1.54, 1.807) is 24.3 Å². The Morgan fingerprint density at radius 2 is 1.38 bits per heavy atom. The fraction of sp³-hybridized carbons (Fsp3) is 0.385. The minimum absolute atomic E-state index is 0.276. The number of halogens is 2. The van der Waals surface area contributed by atoms with Crippen LogP contribution >= 0.6 is 0 Å². The highest BCUT2D eigenvalue weighted by molar-refractivity contribution is 6.27. The van der Waals surface area contributed by atoms with Crippen LogP contribution in [0.3, 0.4) is 0 Å².